The Balaban J connectivity index is 1.66. The number of rotatable bonds is 4. The normalized spacial score (nSPS) is 33.8. The molecule has 0 spiro atoms. The summed E-state index contributed by atoms with van der Waals surface area (Å²) >= 11 is 0. The lowest BCUT2D eigenvalue weighted by Crippen LogP contribution is -2.62. The minimum atomic E-state index is -0.194. The molecule has 4 atom stereocenters. The number of carbonyl (C=O) groups is 1. The number of hydrogen-bond acceptors (Lipinski definition) is 5. The van der Waals surface area contributed by atoms with E-state index in [2.05, 4.69) is 20.7 Å². The van der Waals surface area contributed by atoms with Crippen LogP contribution in [0.3, 0.4) is 0 Å². The average Bonchev–Trinajstić information content (AvgIpc) is 3.02. The first-order valence-corrected chi connectivity index (χ1v) is 6.08. The quantitative estimate of drug-likeness (QED) is 0.760. The lowest BCUT2D eigenvalue weighted by Gasteiger charge is -2.47. The van der Waals surface area contributed by atoms with E-state index in [9.17, 15) is 4.79 Å². The molecule has 1 aromatic rings. The molecule has 1 aromatic heterocycles. The van der Waals surface area contributed by atoms with Gasteiger partial charge in [-0.2, -0.15) is 15.4 Å². The van der Waals surface area contributed by atoms with Crippen molar-refractivity contribution in [2.45, 2.75) is 18.6 Å². The topological polar surface area (TPSA) is 89.1 Å². The van der Waals surface area contributed by atoms with Gasteiger partial charge in [0.15, 0.2) is 5.69 Å². The molecule has 2 fully saturated rings. The molecule has 18 heavy (non-hydrogen) atoms. The molecule has 98 valence electrons. The molecule has 1 amide bonds. The third-order valence-electron chi connectivity index (χ3n) is 3.83. The van der Waals surface area contributed by atoms with Crippen LogP contribution in [-0.2, 0) is 9.47 Å². The molecule has 0 radical (unpaired) electrons. The number of aromatic nitrogens is 3. The van der Waals surface area contributed by atoms with Crippen molar-refractivity contribution < 1.29 is 14.3 Å². The van der Waals surface area contributed by atoms with E-state index in [1.54, 1.807) is 7.11 Å². The monoisotopic (exact) mass is 252 g/mol. The zero-order valence-electron chi connectivity index (χ0n) is 10.1. The van der Waals surface area contributed by atoms with Crippen molar-refractivity contribution in [1.29, 1.82) is 0 Å². The molecule has 7 nitrogen and oxygen atoms in total. The van der Waals surface area contributed by atoms with E-state index in [-0.39, 0.29) is 24.0 Å². The number of carbonyl (C=O) groups excluding carboxylic acids is 1. The van der Waals surface area contributed by atoms with Crippen LogP contribution < -0.4 is 5.32 Å². The van der Waals surface area contributed by atoms with Gasteiger partial charge >= 0.3 is 0 Å². The number of H-pyrrole nitrogens is 1. The maximum atomic E-state index is 11.9. The van der Waals surface area contributed by atoms with Crippen LogP contribution in [0.4, 0.5) is 0 Å². The van der Waals surface area contributed by atoms with E-state index in [1.165, 1.54) is 6.20 Å². The van der Waals surface area contributed by atoms with Gasteiger partial charge in [-0.05, 0) is 6.42 Å². The number of amides is 1. The van der Waals surface area contributed by atoms with Gasteiger partial charge < -0.3 is 14.8 Å². The zero-order chi connectivity index (χ0) is 12.5. The SMILES string of the molecule is COC[C@@H]1[C@H](NC(=O)c2cn[nH]n2)[C@@H]2CCO[C@H]12. The molecular weight excluding hydrogens is 236 g/mol. The first kappa shape index (κ1) is 11.6. The molecular formula is C11H16N4O3. The maximum Gasteiger partial charge on any atom is 0.273 e. The second kappa shape index (κ2) is 4.66. The highest BCUT2D eigenvalue weighted by molar-refractivity contribution is 5.92. The molecule has 0 unspecified atom stereocenters. The summed E-state index contributed by atoms with van der Waals surface area (Å²) in [4.78, 5) is 11.9. The predicted molar refractivity (Wildman–Crippen MR) is 60.8 cm³/mol. The first-order valence-electron chi connectivity index (χ1n) is 6.08. The maximum absolute atomic E-state index is 11.9. The van der Waals surface area contributed by atoms with Gasteiger partial charge in [-0.25, -0.2) is 0 Å². The molecule has 2 heterocycles. The Bertz CT molecular complexity index is 422. The highest BCUT2D eigenvalue weighted by Crippen LogP contribution is 2.43. The molecule has 0 bridgehead atoms. The van der Waals surface area contributed by atoms with Gasteiger partial charge in [0, 0.05) is 31.6 Å². The Labute approximate surface area is 104 Å². The van der Waals surface area contributed by atoms with Crippen molar-refractivity contribution in [2.24, 2.45) is 11.8 Å². The van der Waals surface area contributed by atoms with Crippen LogP contribution in [0.15, 0.2) is 6.20 Å². The number of fused-ring (bicyclic) bond motifs is 1. The average molecular weight is 252 g/mol. The highest BCUT2D eigenvalue weighted by Gasteiger charge is 2.54. The Morgan fingerprint density at radius 3 is 3.33 bits per heavy atom. The number of nitrogens with one attached hydrogen (secondary N) is 2. The zero-order valence-corrected chi connectivity index (χ0v) is 10.1. The van der Waals surface area contributed by atoms with E-state index in [1.807, 2.05) is 0 Å². The van der Waals surface area contributed by atoms with Crippen LogP contribution in [0, 0.1) is 11.8 Å². The van der Waals surface area contributed by atoms with Gasteiger partial charge in [0.1, 0.15) is 0 Å². The Morgan fingerprint density at radius 2 is 2.61 bits per heavy atom. The molecule has 1 aliphatic carbocycles. The fourth-order valence-corrected chi connectivity index (χ4v) is 2.97. The number of nitrogens with zero attached hydrogens (tertiary/aromatic N) is 2. The third-order valence-corrected chi connectivity index (χ3v) is 3.83. The number of hydrogen-bond donors (Lipinski definition) is 2. The summed E-state index contributed by atoms with van der Waals surface area (Å²) in [5, 5.41) is 12.8. The lowest BCUT2D eigenvalue weighted by atomic mass is 9.67. The highest BCUT2D eigenvalue weighted by atomic mass is 16.5. The van der Waals surface area contributed by atoms with E-state index in [0.29, 0.717) is 18.2 Å². The van der Waals surface area contributed by atoms with Crippen molar-refractivity contribution in [3.8, 4) is 0 Å². The molecule has 1 saturated heterocycles. The molecule has 1 aliphatic heterocycles. The third kappa shape index (κ3) is 1.79. The Hall–Kier alpha value is -1.47. The summed E-state index contributed by atoms with van der Waals surface area (Å²) in [6, 6.07) is 0.113. The van der Waals surface area contributed by atoms with Crippen LogP contribution in [0.2, 0.25) is 0 Å². The van der Waals surface area contributed by atoms with Crippen LogP contribution in [0.5, 0.6) is 0 Å². The Kier molecular flexibility index (Phi) is 3.00. The standard InChI is InChI=1S/C11H16N4O3/c1-17-5-7-9(6-2-3-18-10(6)7)13-11(16)8-4-12-15-14-8/h4,6-7,9-10H,2-3,5H2,1H3,(H,13,16)(H,12,14,15)/t6-,7+,9+,10-/m0/s1. The van der Waals surface area contributed by atoms with E-state index in [0.717, 1.165) is 13.0 Å². The number of aromatic amines is 1. The molecule has 7 heteroatoms. The van der Waals surface area contributed by atoms with E-state index in [4.69, 9.17) is 9.47 Å². The van der Waals surface area contributed by atoms with Crippen molar-refractivity contribution in [3.05, 3.63) is 11.9 Å². The summed E-state index contributed by atoms with van der Waals surface area (Å²) in [6.45, 7) is 1.37. The second-order valence-corrected chi connectivity index (χ2v) is 4.76. The largest absolute Gasteiger partial charge is 0.384 e. The van der Waals surface area contributed by atoms with E-state index >= 15 is 0 Å². The van der Waals surface area contributed by atoms with Crippen molar-refractivity contribution >= 4 is 5.91 Å². The van der Waals surface area contributed by atoms with Crippen molar-refractivity contribution in [2.75, 3.05) is 20.3 Å². The first-order chi connectivity index (χ1) is 8.81. The molecule has 1 saturated carbocycles. The summed E-state index contributed by atoms with van der Waals surface area (Å²) in [5.41, 5.74) is 0.313. The minimum absolute atomic E-state index is 0.113. The lowest BCUT2D eigenvalue weighted by molar-refractivity contribution is -0.0810. The van der Waals surface area contributed by atoms with Crippen LogP contribution in [0.1, 0.15) is 16.9 Å². The van der Waals surface area contributed by atoms with Crippen molar-refractivity contribution in [1.82, 2.24) is 20.7 Å². The Morgan fingerprint density at radius 1 is 1.72 bits per heavy atom. The molecule has 2 N–H and O–H groups in total. The minimum Gasteiger partial charge on any atom is -0.384 e. The fourth-order valence-electron chi connectivity index (χ4n) is 2.97. The second-order valence-electron chi connectivity index (χ2n) is 4.76. The molecule has 2 aliphatic rings. The molecule has 3 rings (SSSR count). The van der Waals surface area contributed by atoms with Crippen LogP contribution >= 0.6 is 0 Å². The van der Waals surface area contributed by atoms with Crippen molar-refractivity contribution in [3.63, 3.8) is 0 Å². The summed E-state index contributed by atoms with van der Waals surface area (Å²) in [7, 11) is 1.67. The van der Waals surface area contributed by atoms with Gasteiger partial charge in [-0.3, -0.25) is 4.79 Å². The van der Waals surface area contributed by atoms with Crippen LogP contribution in [-0.4, -0.2) is 53.8 Å². The summed E-state index contributed by atoms with van der Waals surface area (Å²) < 4.78 is 10.8. The number of methoxy groups -OCH3 is 1. The van der Waals surface area contributed by atoms with Gasteiger partial charge in [0.25, 0.3) is 5.91 Å². The van der Waals surface area contributed by atoms with Gasteiger partial charge in [0.2, 0.25) is 0 Å². The summed E-state index contributed by atoms with van der Waals surface area (Å²) in [5.74, 6) is 0.444. The number of ether oxygens (including phenoxy) is 2. The van der Waals surface area contributed by atoms with Crippen LogP contribution in [0.25, 0.3) is 0 Å². The van der Waals surface area contributed by atoms with Gasteiger partial charge in [0.05, 0.1) is 18.9 Å². The molecule has 0 aromatic carbocycles. The fraction of sp³-hybridized carbons (Fsp3) is 0.727. The van der Waals surface area contributed by atoms with E-state index < -0.39 is 0 Å². The smallest absolute Gasteiger partial charge is 0.273 e. The summed E-state index contributed by atoms with van der Waals surface area (Å²) in [6.07, 6.45) is 2.64. The predicted octanol–water partition coefficient (Wildman–Crippen LogP) is -0.416. The van der Waals surface area contributed by atoms with Gasteiger partial charge in [-0.1, -0.05) is 0 Å². The van der Waals surface area contributed by atoms with Gasteiger partial charge in [-0.15, -0.1) is 0 Å².